The average molecular weight is 872 g/mol. The van der Waals surface area contributed by atoms with Gasteiger partial charge >= 0.3 is 0 Å². The highest BCUT2D eigenvalue weighted by Gasteiger charge is 2.33. The summed E-state index contributed by atoms with van der Waals surface area (Å²) in [5.41, 5.74) is 3.74. The van der Waals surface area contributed by atoms with Crippen LogP contribution in [-0.4, -0.2) is 13.2 Å². The van der Waals surface area contributed by atoms with Gasteiger partial charge in [-0.3, -0.25) is 0 Å². The second kappa shape index (κ2) is 30.0. The molecule has 0 bridgehead atoms. The van der Waals surface area contributed by atoms with E-state index in [1.165, 1.54) is 257 Å². The van der Waals surface area contributed by atoms with Crippen molar-refractivity contribution in [2.45, 2.75) is 285 Å². The predicted octanol–water partition coefficient (Wildman–Crippen LogP) is 20.0. The molecule has 1 nitrogen and oxygen atoms in total. The Labute approximate surface area is 395 Å². The Kier molecular flexibility index (Phi) is 24.7. The Morgan fingerprint density at radius 3 is 0.778 bits per heavy atom. The molecule has 0 aromatic heterocycles. The van der Waals surface area contributed by atoms with E-state index in [0.717, 1.165) is 84.2 Å². The lowest BCUT2D eigenvalue weighted by atomic mass is 9.68. The van der Waals surface area contributed by atoms with E-state index in [-0.39, 0.29) is 0 Å². The van der Waals surface area contributed by atoms with E-state index in [4.69, 9.17) is 4.74 Å². The van der Waals surface area contributed by atoms with Crippen molar-refractivity contribution in [3.63, 3.8) is 0 Å². The molecule has 364 valence electrons. The normalized spacial score (nSPS) is 35.2. The SMILES string of the molecule is CCCCC[C@H]1CC[C@H](C(=CCOCC=C([C@H]2CC[C@H](CCCCC)CC2)[C@H]2CC[C@H](CC[C@H]3CC[C@H](CCC)CC3)CC2)[C@H]2CC[C@H](CC[C@H]3CC[C@H](CCC)CC3)CC2)CC1. The molecule has 0 radical (unpaired) electrons. The van der Waals surface area contributed by atoms with Gasteiger partial charge in [-0.2, -0.15) is 0 Å². The molecule has 0 amide bonds. The summed E-state index contributed by atoms with van der Waals surface area (Å²) in [7, 11) is 0. The Balaban J connectivity index is 1.01. The van der Waals surface area contributed by atoms with Crippen LogP contribution in [0.2, 0.25) is 0 Å². The van der Waals surface area contributed by atoms with Gasteiger partial charge in [0.1, 0.15) is 0 Å². The van der Waals surface area contributed by atoms with Crippen molar-refractivity contribution in [1.82, 2.24) is 0 Å². The van der Waals surface area contributed by atoms with Crippen molar-refractivity contribution in [2.24, 2.45) is 71.0 Å². The molecule has 0 heterocycles. The summed E-state index contributed by atoms with van der Waals surface area (Å²) in [4.78, 5) is 0. The highest BCUT2D eigenvalue weighted by molar-refractivity contribution is 5.15. The zero-order valence-electron chi connectivity index (χ0n) is 43.2. The Morgan fingerprint density at radius 1 is 0.286 bits per heavy atom. The molecule has 0 aromatic carbocycles. The van der Waals surface area contributed by atoms with E-state index < -0.39 is 0 Å². The Hall–Kier alpha value is -0.560. The first kappa shape index (κ1) is 51.8. The molecule has 0 aromatic rings. The van der Waals surface area contributed by atoms with Gasteiger partial charge in [0.15, 0.2) is 0 Å². The molecule has 6 rings (SSSR count). The van der Waals surface area contributed by atoms with Gasteiger partial charge < -0.3 is 4.74 Å². The van der Waals surface area contributed by atoms with Crippen molar-refractivity contribution in [3.05, 3.63) is 23.3 Å². The van der Waals surface area contributed by atoms with E-state index in [0.29, 0.717) is 0 Å². The van der Waals surface area contributed by atoms with Crippen LogP contribution in [0.3, 0.4) is 0 Å². The van der Waals surface area contributed by atoms with E-state index in [9.17, 15) is 0 Å². The molecule has 63 heavy (non-hydrogen) atoms. The highest BCUT2D eigenvalue weighted by Crippen LogP contribution is 2.47. The molecule has 1 heteroatoms. The fraction of sp³-hybridized carbons (Fsp3) is 0.935. The predicted molar refractivity (Wildman–Crippen MR) is 276 cm³/mol. The molecule has 0 N–H and O–H groups in total. The standard InChI is InChI=1S/C62H110O/c1-5-9-11-15-51-29-37-57(38-30-51)61(59-41-33-55(34-42-59)27-25-53-21-17-49(13-7-3)18-22-53)45-47-63-48-46-62(58-39-31-52(32-40-58)16-12-10-6-2)60-43-35-56(36-44-60)28-26-54-23-19-50(14-8-4)20-24-54/h45-46,49-60H,5-44,47-48H2,1-4H3/t49-,50-,51-,52-,53-,54-,55-,56-,57-,58-,59-,60-. The smallest absolute Gasteiger partial charge is 0.0654 e. The van der Waals surface area contributed by atoms with Crippen molar-refractivity contribution in [3.8, 4) is 0 Å². The van der Waals surface area contributed by atoms with Crippen LogP contribution in [0.5, 0.6) is 0 Å². The summed E-state index contributed by atoms with van der Waals surface area (Å²) in [6.45, 7) is 11.2. The molecule has 0 atom stereocenters. The number of allylic oxidation sites excluding steroid dienone is 2. The van der Waals surface area contributed by atoms with Gasteiger partial charge in [-0.1, -0.05) is 205 Å². The summed E-state index contributed by atoms with van der Waals surface area (Å²) < 4.78 is 6.78. The number of rotatable bonds is 26. The molecule has 6 aliphatic rings. The number of unbranched alkanes of at least 4 members (excludes halogenated alkanes) is 4. The molecule has 0 spiro atoms. The molecule has 0 aliphatic heterocycles. The Bertz CT molecular complexity index is 1100. The van der Waals surface area contributed by atoms with Crippen LogP contribution in [0.25, 0.3) is 0 Å². The van der Waals surface area contributed by atoms with Gasteiger partial charge in [-0.05, 0) is 174 Å². The zero-order valence-corrected chi connectivity index (χ0v) is 43.2. The minimum Gasteiger partial charge on any atom is -0.373 e. The Morgan fingerprint density at radius 2 is 0.524 bits per heavy atom. The van der Waals surface area contributed by atoms with Crippen LogP contribution in [0.1, 0.15) is 285 Å². The molecule has 0 saturated heterocycles. The van der Waals surface area contributed by atoms with Gasteiger partial charge in [0, 0.05) is 0 Å². The second-order valence-electron chi connectivity index (χ2n) is 24.3. The first-order valence-corrected chi connectivity index (χ1v) is 30.0. The lowest BCUT2D eigenvalue weighted by molar-refractivity contribution is 0.182. The third-order valence-corrected chi connectivity index (χ3v) is 19.9. The van der Waals surface area contributed by atoms with Gasteiger partial charge in [0.2, 0.25) is 0 Å². The van der Waals surface area contributed by atoms with Gasteiger partial charge in [-0.25, -0.2) is 0 Å². The van der Waals surface area contributed by atoms with Crippen LogP contribution in [0.4, 0.5) is 0 Å². The zero-order chi connectivity index (χ0) is 43.9. The molecular formula is C62H110O. The highest BCUT2D eigenvalue weighted by atomic mass is 16.5. The van der Waals surface area contributed by atoms with E-state index >= 15 is 0 Å². The quantitative estimate of drug-likeness (QED) is 0.0622. The number of hydrogen-bond acceptors (Lipinski definition) is 1. The van der Waals surface area contributed by atoms with E-state index in [2.05, 4.69) is 39.8 Å². The molecule has 0 unspecified atom stereocenters. The van der Waals surface area contributed by atoms with E-state index in [1.54, 1.807) is 0 Å². The summed E-state index contributed by atoms with van der Waals surface area (Å²) in [5, 5.41) is 0. The third kappa shape index (κ3) is 18.1. The van der Waals surface area contributed by atoms with Crippen LogP contribution >= 0.6 is 0 Å². The minimum atomic E-state index is 0.834. The van der Waals surface area contributed by atoms with Crippen LogP contribution < -0.4 is 0 Å². The molecular weight excluding hydrogens is 761 g/mol. The van der Waals surface area contributed by atoms with Crippen LogP contribution in [0.15, 0.2) is 23.3 Å². The number of hydrogen-bond donors (Lipinski definition) is 0. The maximum Gasteiger partial charge on any atom is 0.0654 e. The topological polar surface area (TPSA) is 9.23 Å². The van der Waals surface area contributed by atoms with E-state index in [1.807, 2.05) is 11.1 Å². The summed E-state index contributed by atoms with van der Waals surface area (Å²) in [6, 6.07) is 0. The van der Waals surface area contributed by atoms with Gasteiger partial charge in [0.25, 0.3) is 0 Å². The van der Waals surface area contributed by atoms with Gasteiger partial charge in [-0.15, -0.1) is 0 Å². The summed E-state index contributed by atoms with van der Waals surface area (Å²) >= 11 is 0. The number of ether oxygens (including phenoxy) is 1. The molecule has 6 aliphatic carbocycles. The van der Waals surface area contributed by atoms with Gasteiger partial charge in [0.05, 0.1) is 13.2 Å². The monoisotopic (exact) mass is 871 g/mol. The third-order valence-electron chi connectivity index (χ3n) is 19.9. The van der Waals surface area contributed by atoms with Crippen molar-refractivity contribution in [2.75, 3.05) is 13.2 Å². The maximum atomic E-state index is 6.78. The largest absolute Gasteiger partial charge is 0.373 e. The second-order valence-corrected chi connectivity index (χ2v) is 24.3. The fourth-order valence-corrected chi connectivity index (χ4v) is 15.6. The van der Waals surface area contributed by atoms with Crippen molar-refractivity contribution < 1.29 is 4.74 Å². The molecule has 6 saturated carbocycles. The van der Waals surface area contributed by atoms with Crippen molar-refractivity contribution >= 4 is 0 Å². The fourth-order valence-electron chi connectivity index (χ4n) is 15.6. The van der Waals surface area contributed by atoms with Crippen LogP contribution in [0, 0.1) is 71.0 Å². The van der Waals surface area contributed by atoms with Crippen molar-refractivity contribution in [1.29, 1.82) is 0 Å². The van der Waals surface area contributed by atoms with Crippen LogP contribution in [-0.2, 0) is 4.74 Å². The summed E-state index contributed by atoms with van der Waals surface area (Å²) in [5.74, 6) is 11.5. The lowest BCUT2D eigenvalue weighted by Crippen LogP contribution is -2.25. The lowest BCUT2D eigenvalue weighted by Gasteiger charge is -2.37. The molecule has 6 fully saturated rings. The minimum absolute atomic E-state index is 0.834. The first-order chi connectivity index (χ1) is 31.0. The summed E-state index contributed by atoms with van der Waals surface area (Å²) in [6.07, 6.45) is 64.6. The average Bonchev–Trinajstić information content (AvgIpc) is 3.32. The maximum absolute atomic E-state index is 6.78. The first-order valence-electron chi connectivity index (χ1n) is 30.0.